The lowest BCUT2D eigenvalue weighted by molar-refractivity contribution is -0.128. The second kappa shape index (κ2) is 5.48. The van der Waals surface area contributed by atoms with Crippen LogP contribution < -0.4 is 5.73 Å². The molecule has 21 heavy (non-hydrogen) atoms. The average Bonchev–Trinajstić information content (AvgIpc) is 2.45. The van der Waals surface area contributed by atoms with Crippen molar-refractivity contribution in [2.45, 2.75) is 26.1 Å². The molecule has 6 heteroatoms. The van der Waals surface area contributed by atoms with Gasteiger partial charge < -0.3 is 10.6 Å². The van der Waals surface area contributed by atoms with Gasteiger partial charge in [-0.1, -0.05) is 26.0 Å². The Bertz CT molecular complexity index is 614. The number of alkyl halides is 1. The molecule has 2 aliphatic rings. The Hall–Kier alpha value is -1.88. The van der Waals surface area contributed by atoms with Gasteiger partial charge in [0.1, 0.15) is 11.2 Å². The predicted molar refractivity (Wildman–Crippen MR) is 82.7 cm³/mol. The van der Waals surface area contributed by atoms with Crippen LogP contribution in [0, 0.1) is 5.41 Å². The van der Waals surface area contributed by atoms with Crippen LogP contribution in [-0.2, 0) is 9.59 Å². The SMILES string of the molecule is CC1=C2N=CC(C(=O)C(C)(C)C(Cl)C(N)=O)=CN2CC=C1. The molecule has 2 rings (SSSR count). The number of Topliss-reactive ketones (excluding diaryl/α,β-unsaturated/α-hetero) is 1. The molecule has 0 bridgehead atoms. The molecule has 1 unspecified atom stereocenters. The van der Waals surface area contributed by atoms with Crippen LogP contribution in [-0.4, -0.2) is 34.7 Å². The van der Waals surface area contributed by atoms with E-state index in [1.807, 2.05) is 24.0 Å². The number of nitrogens with two attached hydrogens (primary N) is 1. The summed E-state index contributed by atoms with van der Waals surface area (Å²) in [6.45, 7) is 5.83. The molecule has 0 aromatic rings. The molecule has 2 aliphatic heterocycles. The van der Waals surface area contributed by atoms with Gasteiger partial charge in [-0.15, -0.1) is 11.6 Å². The van der Waals surface area contributed by atoms with Crippen molar-refractivity contribution in [3.05, 3.63) is 35.3 Å². The maximum Gasteiger partial charge on any atom is 0.236 e. The number of fused-ring (bicyclic) bond motifs is 1. The second-order valence-electron chi connectivity index (χ2n) is 5.72. The molecule has 0 aromatic heterocycles. The standard InChI is InChI=1S/C15H18ClN3O2/c1-9-5-4-6-19-8-10(7-18-14(9)19)12(20)15(2,3)11(16)13(17)21/h4-5,7-8,11H,6H2,1-3H3,(H2,17,21). The van der Waals surface area contributed by atoms with E-state index in [9.17, 15) is 9.59 Å². The number of amides is 1. The summed E-state index contributed by atoms with van der Waals surface area (Å²) >= 11 is 5.98. The van der Waals surface area contributed by atoms with E-state index in [1.54, 1.807) is 20.0 Å². The summed E-state index contributed by atoms with van der Waals surface area (Å²) in [7, 11) is 0. The molecule has 0 saturated carbocycles. The second-order valence-corrected chi connectivity index (χ2v) is 6.16. The molecule has 112 valence electrons. The summed E-state index contributed by atoms with van der Waals surface area (Å²) in [5.74, 6) is -0.138. The van der Waals surface area contributed by atoms with Crippen molar-refractivity contribution in [3.63, 3.8) is 0 Å². The molecule has 0 saturated heterocycles. The molecule has 2 N–H and O–H groups in total. The van der Waals surface area contributed by atoms with Crippen molar-refractivity contribution in [1.29, 1.82) is 0 Å². The van der Waals surface area contributed by atoms with Crippen LogP contribution >= 0.6 is 11.6 Å². The van der Waals surface area contributed by atoms with E-state index in [1.165, 1.54) is 6.21 Å². The Labute approximate surface area is 128 Å². The van der Waals surface area contributed by atoms with Crippen LogP contribution in [0.1, 0.15) is 20.8 Å². The molecule has 0 aromatic carbocycles. The van der Waals surface area contributed by atoms with Gasteiger partial charge in [-0.2, -0.15) is 0 Å². The number of nitrogens with zero attached hydrogens (tertiary/aromatic N) is 2. The van der Waals surface area contributed by atoms with Gasteiger partial charge in [0.2, 0.25) is 5.91 Å². The fraction of sp³-hybridized carbons (Fsp3) is 0.400. The summed E-state index contributed by atoms with van der Waals surface area (Å²) in [6, 6.07) is 0. The molecular weight excluding hydrogens is 290 g/mol. The smallest absolute Gasteiger partial charge is 0.236 e. The third-order valence-corrected chi connectivity index (χ3v) is 4.41. The first kappa shape index (κ1) is 15.5. The zero-order valence-electron chi connectivity index (χ0n) is 12.3. The van der Waals surface area contributed by atoms with Crippen LogP contribution in [0.3, 0.4) is 0 Å². The highest BCUT2D eigenvalue weighted by Crippen LogP contribution is 2.31. The van der Waals surface area contributed by atoms with Crippen molar-refractivity contribution in [2.24, 2.45) is 16.1 Å². The molecule has 0 aliphatic carbocycles. The normalized spacial score (nSPS) is 19.2. The predicted octanol–water partition coefficient (Wildman–Crippen LogP) is 1.75. The Kier molecular flexibility index (Phi) is 4.05. The number of carbonyl (C=O) groups is 2. The molecule has 5 nitrogen and oxygen atoms in total. The third-order valence-electron chi connectivity index (χ3n) is 3.65. The van der Waals surface area contributed by atoms with Gasteiger partial charge in [0, 0.05) is 19.0 Å². The Morgan fingerprint density at radius 3 is 2.76 bits per heavy atom. The van der Waals surface area contributed by atoms with E-state index in [0.717, 1.165) is 11.4 Å². The van der Waals surface area contributed by atoms with Crippen molar-refractivity contribution >= 4 is 29.5 Å². The molecule has 1 amide bonds. The molecule has 0 radical (unpaired) electrons. The Morgan fingerprint density at radius 1 is 1.48 bits per heavy atom. The lowest BCUT2D eigenvalue weighted by Gasteiger charge is -2.31. The zero-order chi connectivity index (χ0) is 15.8. The summed E-state index contributed by atoms with van der Waals surface area (Å²) in [4.78, 5) is 30.1. The van der Waals surface area contributed by atoms with Crippen LogP contribution in [0.5, 0.6) is 0 Å². The number of ketones is 1. The number of aliphatic imine (C=N–C) groups is 1. The minimum Gasteiger partial charge on any atom is -0.368 e. The van der Waals surface area contributed by atoms with Crippen LogP contribution in [0.2, 0.25) is 0 Å². The lowest BCUT2D eigenvalue weighted by atomic mass is 9.80. The summed E-state index contributed by atoms with van der Waals surface area (Å²) < 4.78 is 0. The minimum atomic E-state index is -1.09. The van der Waals surface area contributed by atoms with Gasteiger partial charge in [-0.25, -0.2) is 4.99 Å². The van der Waals surface area contributed by atoms with Crippen molar-refractivity contribution in [2.75, 3.05) is 6.54 Å². The van der Waals surface area contributed by atoms with Crippen molar-refractivity contribution < 1.29 is 9.59 Å². The fourth-order valence-electron chi connectivity index (χ4n) is 2.31. The lowest BCUT2D eigenvalue weighted by Crippen LogP contribution is -2.43. The van der Waals surface area contributed by atoms with Crippen LogP contribution in [0.15, 0.2) is 40.3 Å². The highest BCUT2D eigenvalue weighted by molar-refractivity contribution is 6.34. The summed E-state index contributed by atoms with van der Waals surface area (Å²) in [5, 5.41) is -1.07. The number of rotatable bonds is 4. The van der Waals surface area contributed by atoms with E-state index in [-0.39, 0.29) is 5.78 Å². The first-order chi connectivity index (χ1) is 9.75. The van der Waals surface area contributed by atoms with Gasteiger partial charge in [0.15, 0.2) is 5.78 Å². The highest BCUT2D eigenvalue weighted by atomic mass is 35.5. The molecule has 0 spiro atoms. The van der Waals surface area contributed by atoms with E-state index >= 15 is 0 Å². The molecule has 2 heterocycles. The third kappa shape index (κ3) is 2.78. The highest BCUT2D eigenvalue weighted by Gasteiger charge is 2.40. The van der Waals surface area contributed by atoms with Gasteiger partial charge in [-0.05, 0) is 12.5 Å². The number of hydrogen-bond donors (Lipinski definition) is 1. The quantitative estimate of drug-likeness (QED) is 0.804. The first-order valence-corrected chi connectivity index (χ1v) is 7.07. The van der Waals surface area contributed by atoms with E-state index in [4.69, 9.17) is 17.3 Å². The van der Waals surface area contributed by atoms with Crippen LogP contribution in [0.4, 0.5) is 0 Å². The van der Waals surface area contributed by atoms with Gasteiger partial charge in [0.05, 0.1) is 11.0 Å². The molecular formula is C15H18ClN3O2. The van der Waals surface area contributed by atoms with Crippen molar-refractivity contribution in [3.8, 4) is 0 Å². The number of carbonyl (C=O) groups excluding carboxylic acids is 2. The first-order valence-electron chi connectivity index (χ1n) is 6.63. The van der Waals surface area contributed by atoms with Gasteiger partial charge in [-0.3, -0.25) is 9.59 Å². The monoisotopic (exact) mass is 307 g/mol. The van der Waals surface area contributed by atoms with Gasteiger partial charge in [0.25, 0.3) is 0 Å². The largest absolute Gasteiger partial charge is 0.368 e. The van der Waals surface area contributed by atoms with Crippen molar-refractivity contribution in [1.82, 2.24) is 4.90 Å². The maximum absolute atomic E-state index is 12.6. The molecule has 1 atom stereocenters. The average molecular weight is 308 g/mol. The topological polar surface area (TPSA) is 75.8 Å². The minimum absolute atomic E-state index is 0.253. The number of primary amides is 1. The van der Waals surface area contributed by atoms with E-state index < -0.39 is 16.7 Å². The maximum atomic E-state index is 12.6. The number of allylic oxidation sites excluding steroid dienone is 3. The fourth-order valence-corrected chi connectivity index (χ4v) is 2.41. The number of halogens is 1. The van der Waals surface area contributed by atoms with E-state index in [2.05, 4.69) is 4.99 Å². The summed E-state index contributed by atoms with van der Waals surface area (Å²) in [6.07, 6.45) is 7.25. The van der Waals surface area contributed by atoms with E-state index in [0.29, 0.717) is 12.1 Å². The summed E-state index contributed by atoms with van der Waals surface area (Å²) in [5.41, 5.74) is 5.57. The zero-order valence-corrected chi connectivity index (χ0v) is 13.0. The Morgan fingerprint density at radius 2 is 2.14 bits per heavy atom. The van der Waals surface area contributed by atoms with Crippen LogP contribution in [0.25, 0.3) is 0 Å². The number of hydrogen-bond acceptors (Lipinski definition) is 4. The molecule has 0 fully saturated rings. The van der Waals surface area contributed by atoms with Gasteiger partial charge >= 0.3 is 0 Å². The Balaban J connectivity index is 2.29.